The fourth-order valence-electron chi connectivity index (χ4n) is 1.58. The Bertz CT molecular complexity index is 520. The second kappa shape index (κ2) is 6.83. The molecule has 0 saturated heterocycles. The van der Waals surface area contributed by atoms with Gasteiger partial charge in [0, 0.05) is 12.6 Å². The zero-order valence-corrected chi connectivity index (χ0v) is 12.1. The Hall–Kier alpha value is -1.18. The molecule has 0 radical (unpaired) electrons. The van der Waals surface area contributed by atoms with Crippen LogP contribution in [0.5, 0.6) is 5.75 Å². The van der Waals surface area contributed by atoms with Crippen LogP contribution in [-0.2, 0) is 10.0 Å². The van der Waals surface area contributed by atoms with Crippen LogP contribution in [0.15, 0.2) is 18.2 Å². The Morgan fingerprint density at radius 1 is 1.42 bits per heavy atom. The van der Waals surface area contributed by atoms with Crippen LogP contribution in [-0.4, -0.2) is 34.9 Å². The van der Waals surface area contributed by atoms with Crippen LogP contribution in [0, 0.1) is 5.82 Å². The van der Waals surface area contributed by atoms with Gasteiger partial charge in [0.2, 0.25) is 10.0 Å². The van der Waals surface area contributed by atoms with Crippen LogP contribution in [0.2, 0.25) is 0 Å². The van der Waals surface area contributed by atoms with Gasteiger partial charge < -0.3 is 10.1 Å². The van der Waals surface area contributed by atoms with Gasteiger partial charge in [-0.05, 0) is 31.7 Å². The highest BCUT2D eigenvalue weighted by Gasteiger charge is 2.11. The molecule has 0 aliphatic heterocycles. The van der Waals surface area contributed by atoms with Gasteiger partial charge in [-0.3, -0.25) is 0 Å². The summed E-state index contributed by atoms with van der Waals surface area (Å²) in [6.45, 7) is 2.13. The van der Waals surface area contributed by atoms with Crippen LogP contribution < -0.4 is 14.8 Å². The molecule has 0 aliphatic carbocycles. The first-order chi connectivity index (χ1) is 8.89. The van der Waals surface area contributed by atoms with Crippen molar-refractivity contribution in [2.24, 2.45) is 0 Å². The normalized spacial score (nSPS) is 13.3. The van der Waals surface area contributed by atoms with Gasteiger partial charge in [-0.25, -0.2) is 17.5 Å². The molecule has 0 saturated carbocycles. The van der Waals surface area contributed by atoms with E-state index in [0.29, 0.717) is 0 Å². The van der Waals surface area contributed by atoms with E-state index < -0.39 is 15.8 Å². The third-order valence-electron chi connectivity index (χ3n) is 2.81. The van der Waals surface area contributed by atoms with Crippen LogP contribution in [0.3, 0.4) is 0 Å². The SMILES string of the molecule is CNS(=O)(=O)CCNC(C)c1ccc(OC)c(F)c1. The van der Waals surface area contributed by atoms with Crippen molar-refractivity contribution < 1.29 is 17.5 Å². The highest BCUT2D eigenvalue weighted by atomic mass is 32.2. The van der Waals surface area contributed by atoms with E-state index in [-0.39, 0.29) is 24.1 Å². The summed E-state index contributed by atoms with van der Waals surface area (Å²) in [5.74, 6) is -0.267. The monoisotopic (exact) mass is 290 g/mol. The van der Waals surface area contributed by atoms with Gasteiger partial charge in [-0.2, -0.15) is 0 Å². The topological polar surface area (TPSA) is 67.4 Å². The largest absolute Gasteiger partial charge is 0.494 e. The quantitative estimate of drug-likeness (QED) is 0.787. The lowest BCUT2D eigenvalue weighted by atomic mass is 10.1. The van der Waals surface area contributed by atoms with Crippen LogP contribution in [0.1, 0.15) is 18.5 Å². The first kappa shape index (κ1) is 15.9. The molecule has 1 aromatic carbocycles. The van der Waals surface area contributed by atoms with Crippen molar-refractivity contribution >= 4 is 10.0 Å². The van der Waals surface area contributed by atoms with E-state index in [1.807, 2.05) is 6.92 Å². The van der Waals surface area contributed by atoms with Crippen molar-refractivity contribution in [2.75, 3.05) is 26.5 Å². The standard InChI is InChI=1S/C12H19FN2O3S/c1-9(15-6-7-19(16,17)14-2)10-4-5-12(18-3)11(13)8-10/h4-5,8-9,14-15H,6-7H2,1-3H3. The van der Waals surface area contributed by atoms with E-state index in [0.717, 1.165) is 5.56 Å². The van der Waals surface area contributed by atoms with Crippen LogP contribution in [0.4, 0.5) is 4.39 Å². The van der Waals surface area contributed by atoms with Crippen molar-refractivity contribution in [1.29, 1.82) is 0 Å². The van der Waals surface area contributed by atoms with Gasteiger partial charge in [0.15, 0.2) is 11.6 Å². The Balaban J connectivity index is 2.59. The van der Waals surface area contributed by atoms with Gasteiger partial charge in [0.25, 0.3) is 0 Å². The minimum Gasteiger partial charge on any atom is -0.494 e. The molecule has 5 nitrogen and oxygen atoms in total. The second-order valence-corrected chi connectivity index (χ2v) is 6.14. The van der Waals surface area contributed by atoms with Gasteiger partial charge in [-0.15, -0.1) is 0 Å². The minimum atomic E-state index is -3.22. The first-order valence-corrected chi connectivity index (χ1v) is 7.53. The lowest BCUT2D eigenvalue weighted by Gasteiger charge is -2.15. The molecular formula is C12H19FN2O3S. The molecule has 7 heteroatoms. The smallest absolute Gasteiger partial charge is 0.212 e. The summed E-state index contributed by atoms with van der Waals surface area (Å²) >= 11 is 0. The average Bonchev–Trinajstić information content (AvgIpc) is 2.38. The molecule has 108 valence electrons. The number of halogens is 1. The maximum absolute atomic E-state index is 13.5. The lowest BCUT2D eigenvalue weighted by Crippen LogP contribution is -2.30. The van der Waals surface area contributed by atoms with Crippen molar-refractivity contribution in [3.63, 3.8) is 0 Å². The van der Waals surface area contributed by atoms with E-state index in [2.05, 4.69) is 10.0 Å². The van der Waals surface area contributed by atoms with E-state index in [1.54, 1.807) is 12.1 Å². The predicted octanol–water partition coefficient (Wildman–Crippen LogP) is 1.03. The Morgan fingerprint density at radius 2 is 2.11 bits per heavy atom. The summed E-state index contributed by atoms with van der Waals surface area (Å²) in [5, 5.41) is 3.03. The Morgan fingerprint density at radius 3 is 2.63 bits per heavy atom. The molecule has 1 atom stereocenters. The maximum Gasteiger partial charge on any atom is 0.212 e. The number of hydrogen-bond donors (Lipinski definition) is 2. The van der Waals surface area contributed by atoms with Crippen LogP contribution >= 0.6 is 0 Å². The van der Waals surface area contributed by atoms with Crippen molar-refractivity contribution in [3.8, 4) is 5.75 Å². The van der Waals surface area contributed by atoms with E-state index >= 15 is 0 Å². The molecule has 19 heavy (non-hydrogen) atoms. The van der Waals surface area contributed by atoms with E-state index in [4.69, 9.17) is 4.74 Å². The number of sulfonamides is 1. The zero-order valence-electron chi connectivity index (χ0n) is 11.2. The lowest BCUT2D eigenvalue weighted by molar-refractivity contribution is 0.385. The van der Waals surface area contributed by atoms with Gasteiger partial charge in [0.1, 0.15) is 0 Å². The fraction of sp³-hybridized carbons (Fsp3) is 0.500. The third-order valence-corrected chi connectivity index (χ3v) is 4.17. The summed E-state index contributed by atoms with van der Waals surface area (Å²) in [6, 6.07) is 4.52. The number of ether oxygens (including phenoxy) is 1. The number of benzene rings is 1. The van der Waals surface area contributed by atoms with Gasteiger partial charge >= 0.3 is 0 Å². The van der Waals surface area contributed by atoms with E-state index in [1.165, 1.54) is 20.2 Å². The van der Waals surface area contributed by atoms with Crippen LogP contribution in [0.25, 0.3) is 0 Å². The molecule has 0 spiro atoms. The number of rotatable bonds is 7. The summed E-state index contributed by atoms with van der Waals surface area (Å²) in [4.78, 5) is 0. The van der Waals surface area contributed by atoms with Crippen molar-refractivity contribution in [1.82, 2.24) is 10.0 Å². The fourth-order valence-corrected chi connectivity index (χ4v) is 2.17. The highest BCUT2D eigenvalue weighted by molar-refractivity contribution is 7.89. The molecule has 0 bridgehead atoms. The van der Waals surface area contributed by atoms with Crippen molar-refractivity contribution in [2.45, 2.75) is 13.0 Å². The average molecular weight is 290 g/mol. The summed E-state index contributed by atoms with van der Waals surface area (Å²) in [6.07, 6.45) is 0. The van der Waals surface area contributed by atoms with Crippen molar-refractivity contribution in [3.05, 3.63) is 29.6 Å². The molecule has 1 rings (SSSR count). The molecule has 0 amide bonds. The molecule has 2 N–H and O–H groups in total. The number of methoxy groups -OCH3 is 1. The zero-order chi connectivity index (χ0) is 14.5. The molecule has 0 fully saturated rings. The molecule has 0 aromatic heterocycles. The summed E-state index contributed by atoms with van der Waals surface area (Å²) < 4.78 is 43.0. The number of hydrogen-bond acceptors (Lipinski definition) is 4. The third kappa shape index (κ3) is 4.77. The van der Waals surface area contributed by atoms with Gasteiger partial charge in [-0.1, -0.05) is 6.07 Å². The molecule has 0 heterocycles. The van der Waals surface area contributed by atoms with Gasteiger partial charge in [0.05, 0.1) is 12.9 Å². The molecular weight excluding hydrogens is 271 g/mol. The Kier molecular flexibility index (Phi) is 5.71. The molecule has 1 unspecified atom stereocenters. The second-order valence-electron chi connectivity index (χ2n) is 4.09. The first-order valence-electron chi connectivity index (χ1n) is 5.87. The minimum absolute atomic E-state index is 0.0214. The summed E-state index contributed by atoms with van der Waals surface area (Å²) in [7, 11) is -0.445. The maximum atomic E-state index is 13.5. The number of nitrogens with one attached hydrogen (secondary N) is 2. The van der Waals surface area contributed by atoms with E-state index in [9.17, 15) is 12.8 Å². The molecule has 0 aliphatic rings. The predicted molar refractivity (Wildman–Crippen MR) is 72.2 cm³/mol. The molecule has 1 aromatic rings. The summed E-state index contributed by atoms with van der Waals surface area (Å²) in [5.41, 5.74) is 0.736. The Labute approximate surface area is 113 Å². The highest BCUT2D eigenvalue weighted by Crippen LogP contribution is 2.21.